The molecule has 0 saturated heterocycles. The van der Waals surface area contributed by atoms with Gasteiger partial charge in [0.15, 0.2) is 0 Å². The molecule has 0 unspecified atom stereocenters. The second-order valence-electron chi connectivity index (χ2n) is 18.0. The summed E-state index contributed by atoms with van der Waals surface area (Å²) in [6.07, 6.45) is 8.20. The van der Waals surface area contributed by atoms with E-state index in [2.05, 4.69) is 185 Å². The van der Waals surface area contributed by atoms with Crippen LogP contribution in [0.3, 0.4) is 0 Å². The van der Waals surface area contributed by atoms with Crippen LogP contribution in [0.2, 0.25) is 0 Å². The van der Waals surface area contributed by atoms with Gasteiger partial charge in [0.2, 0.25) is 5.95 Å². The van der Waals surface area contributed by atoms with Crippen molar-refractivity contribution in [2.75, 3.05) is 0 Å². The summed E-state index contributed by atoms with van der Waals surface area (Å²) < 4.78 is 4.63. The summed E-state index contributed by atoms with van der Waals surface area (Å²) in [6, 6.07) is 64.4. The average molecular weight is 773 g/mol. The third-order valence-corrected chi connectivity index (χ3v) is 14.5. The van der Waals surface area contributed by atoms with Crippen LogP contribution in [-0.4, -0.2) is 19.1 Å². The third kappa shape index (κ3) is 5.16. The van der Waals surface area contributed by atoms with E-state index in [-0.39, 0.29) is 5.41 Å². The molecular weight excluding hydrogens is 729 g/mol. The van der Waals surface area contributed by atoms with Crippen molar-refractivity contribution in [3.05, 3.63) is 181 Å². The number of fused-ring (bicyclic) bond motifs is 6. The van der Waals surface area contributed by atoms with Crippen LogP contribution in [0.5, 0.6) is 0 Å². The largest absolute Gasteiger partial charge is 0.294 e. The maximum atomic E-state index is 5.75. The Morgan fingerprint density at radius 2 is 0.817 bits per heavy atom. The first-order chi connectivity index (χ1) is 29.7. The van der Waals surface area contributed by atoms with E-state index < -0.39 is 0 Å². The summed E-state index contributed by atoms with van der Waals surface area (Å²) >= 11 is 0. The molecule has 4 fully saturated rings. The summed E-state index contributed by atoms with van der Waals surface area (Å²) in [6.45, 7) is 0. The van der Waals surface area contributed by atoms with Gasteiger partial charge in [-0.05, 0) is 126 Å². The molecule has 0 N–H and O–H groups in total. The molecule has 0 radical (unpaired) electrons. The predicted octanol–water partition coefficient (Wildman–Crippen LogP) is 14.1. The Morgan fingerprint density at radius 1 is 0.417 bits per heavy atom. The monoisotopic (exact) mass is 772 g/mol. The number of nitrogens with zero attached hydrogens (tertiary/aromatic N) is 4. The number of benzene rings is 7. The zero-order valence-electron chi connectivity index (χ0n) is 33.5. The zero-order chi connectivity index (χ0) is 39.4. The summed E-state index contributed by atoms with van der Waals surface area (Å²) in [5.41, 5.74) is 13.1. The molecule has 4 aliphatic rings. The minimum Gasteiger partial charge on any atom is -0.294 e. The lowest BCUT2D eigenvalue weighted by Crippen LogP contribution is -2.48. The van der Waals surface area contributed by atoms with E-state index in [4.69, 9.17) is 9.97 Å². The minimum absolute atomic E-state index is 0.217. The van der Waals surface area contributed by atoms with E-state index in [1.165, 1.54) is 87.9 Å². The summed E-state index contributed by atoms with van der Waals surface area (Å²) in [7, 11) is 0. The van der Waals surface area contributed by atoms with Gasteiger partial charge in [0.05, 0.1) is 27.8 Å². The Kier molecular flexibility index (Phi) is 7.46. The highest BCUT2D eigenvalue weighted by atomic mass is 15.2. The van der Waals surface area contributed by atoms with Crippen molar-refractivity contribution >= 4 is 43.6 Å². The van der Waals surface area contributed by atoms with Crippen molar-refractivity contribution in [1.29, 1.82) is 0 Å². The molecule has 0 amide bonds. The van der Waals surface area contributed by atoms with E-state index in [1.807, 2.05) is 0 Å². The van der Waals surface area contributed by atoms with E-state index in [0.717, 1.165) is 56.9 Å². The van der Waals surface area contributed by atoms with Crippen LogP contribution in [0.15, 0.2) is 176 Å². The summed E-state index contributed by atoms with van der Waals surface area (Å²) in [4.78, 5) is 11.4. The number of rotatable bonds is 6. The van der Waals surface area contributed by atoms with Crippen molar-refractivity contribution in [2.45, 2.75) is 43.9 Å². The molecule has 0 atom stereocenters. The Bertz CT molecular complexity index is 2960. The van der Waals surface area contributed by atoms with Crippen molar-refractivity contribution in [3.63, 3.8) is 0 Å². The maximum Gasteiger partial charge on any atom is 0.237 e. The molecule has 4 nitrogen and oxygen atoms in total. The first-order valence-electron chi connectivity index (χ1n) is 21.8. The average Bonchev–Trinajstić information content (AvgIpc) is 3.82. The lowest BCUT2D eigenvalue weighted by Gasteiger charge is -2.57. The molecule has 4 bridgehead atoms. The van der Waals surface area contributed by atoms with Crippen LogP contribution in [-0.2, 0) is 5.41 Å². The smallest absolute Gasteiger partial charge is 0.237 e. The number of hydrogen-bond acceptors (Lipinski definition) is 2. The Balaban J connectivity index is 1.16. The first-order valence-corrected chi connectivity index (χ1v) is 21.8. The van der Waals surface area contributed by atoms with Crippen molar-refractivity contribution in [1.82, 2.24) is 19.1 Å². The number of hydrogen-bond donors (Lipinski definition) is 0. The van der Waals surface area contributed by atoms with Crippen LogP contribution in [0.25, 0.3) is 88.9 Å². The molecule has 60 heavy (non-hydrogen) atoms. The molecule has 0 spiro atoms. The molecule has 3 heterocycles. The lowest BCUT2D eigenvalue weighted by atomic mass is 9.48. The predicted molar refractivity (Wildman–Crippen MR) is 247 cm³/mol. The minimum atomic E-state index is 0.217. The van der Waals surface area contributed by atoms with Crippen LogP contribution < -0.4 is 0 Å². The number of aromatic nitrogens is 4. The molecule has 288 valence electrons. The van der Waals surface area contributed by atoms with E-state index >= 15 is 0 Å². The van der Waals surface area contributed by atoms with Crippen molar-refractivity contribution in [2.24, 2.45) is 17.8 Å². The maximum absolute atomic E-state index is 5.75. The first kappa shape index (κ1) is 34.1. The van der Waals surface area contributed by atoms with Gasteiger partial charge in [-0.3, -0.25) is 9.13 Å². The van der Waals surface area contributed by atoms with Gasteiger partial charge in [-0.15, -0.1) is 0 Å². The second kappa shape index (κ2) is 13.1. The van der Waals surface area contributed by atoms with Gasteiger partial charge >= 0.3 is 0 Å². The molecule has 10 aromatic rings. The van der Waals surface area contributed by atoms with Gasteiger partial charge in [0.25, 0.3) is 0 Å². The van der Waals surface area contributed by atoms with Crippen LogP contribution in [0.1, 0.15) is 44.1 Å². The summed E-state index contributed by atoms with van der Waals surface area (Å²) in [5, 5.41) is 4.80. The molecule has 4 heteroatoms. The quantitative estimate of drug-likeness (QED) is 0.169. The van der Waals surface area contributed by atoms with Gasteiger partial charge in [-0.25, -0.2) is 4.98 Å². The van der Waals surface area contributed by atoms with Crippen LogP contribution in [0, 0.1) is 17.8 Å². The van der Waals surface area contributed by atoms with Gasteiger partial charge < -0.3 is 0 Å². The molecule has 4 saturated carbocycles. The number of para-hydroxylation sites is 4. The normalized spacial score (nSPS) is 20.8. The van der Waals surface area contributed by atoms with E-state index in [0.29, 0.717) is 5.95 Å². The van der Waals surface area contributed by atoms with Gasteiger partial charge in [0, 0.05) is 33.2 Å². The van der Waals surface area contributed by atoms with Crippen LogP contribution in [0.4, 0.5) is 0 Å². The van der Waals surface area contributed by atoms with E-state index in [9.17, 15) is 0 Å². The highest BCUT2D eigenvalue weighted by molar-refractivity contribution is 6.10. The molecule has 7 aromatic carbocycles. The van der Waals surface area contributed by atoms with E-state index in [1.54, 1.807) is 0 Å². The fourth-order valence-electron chi connectivity index (χ4n) is 12.5. The Labute approximate surface area is 349 Å². The summed E-state index contributed by atoms with van der Waals surface area (Å²) in [5.74, 6) is 4.05. The van der Waals surface area contributed by atoms with Crippen molar-refractivity contribution < 1.29 is 0 Å². The zero-order valence-corrected chi connectivity index (χ0v) is 33.5. The van der Waals surface area contributed by atoms with Gasteiger partial charge in [-0.2, -0.15) is 4.98 Å². The fourth-order valence-corrected chi connectivity index (χ4v) is 12.5. The Hall–Kier alpha value is -6.78. The molecule has 0 aliphatic heterocycles. The molecule has 3 aromatic heterocycles. The van der Waals surface area contributed by atoms with Crippen molar-refractivity contribution in [3.8, 4) is 45.3 Å². The SMILES string of the molecule is c1ccc(-c2cc(C34CC5CC(CC(C5)C3)C4)cc(-c3ccccc3)c2-c2cc(-n3c4ccccc4c4ccccc43)nc(-n3c4ccccc4c4ccccc43)n2)cc1. The van der Waals surface area contributed by atoms with Crippen LogP contribution >= 0.6 is 0 Å². The lowest BCUT2D eigenvalue weighted by molar-refractivity contribution is -0.00514. The standard InChI is InChI=1S/C56H44N4/c1-3-15-39(16-4-1)46-30-41(56-33-36-27-37(34-56)29-38(28-36)35-56)31-47(40-17-5-2-6-18-40)54(46)48-32-53(59-49-23-11-7-19-42(49)43-20-8-12-24-50(43)59)58-55(57-48)60-51-25-13-9-21-44(51)45-22-10-14-26-52(45)60/h1-26,30-32,36-38H,27-29,33-35H2. The third-order valence-electron chi connectivity index (χ3n) is 14.5. The topological polar surface area (TPSA) is 35.6 Å². The second-order valence-corrected chi connectivity index (χ2v) is 18.0. The molecule has 14 rings (SSSR count). The molecular formula is C56H44N4. The molecule has 4 aliphatic carbocycles. The fraction of sp³-hybridized carbons (Fsp3) is 0.179. The Morgan fingerprint density at radius 3 is 1.27 bits per heavy atom. The van der Waals surface area contributed by atoms with Gasteiger partial charge in [-0.1, -0.05) is 133 Å². The highest BCUT2D eigenvalue weighted by Gasteiger charge is 2.52. The highest BCUT2D eigenvalue weighted by Crippen LogP contribution is 2.61. The van der Waals surface area contributed by atoms with Gasteiger partial charge in [0.1, 0.15) is 5.82 Å².